The predicted molar refractivity (Wildman–Crippen MR) is 135 cm³/mol. The minimum absolute atomic E-state index is 0.205. The number of benzene rings is 3. The zero-order chi connectivity index (χ0) is 24.2. The highest BCUT2D eigenvalue weighted by molar-refractivity contribution is 6.00. The van der Waals surface area contributed by atoms with E-state index in [1.165, 1.54) is 0 Å². The molecule has 1 unspecified atom stereocenters. The third kappa shape index (κ3) is 4.84. The van der Waals surface area contributed by atoms with Crippen molar-refractivity contribution >= 4 is 22.5 Å². The number of carbonyl (C=O) groups is 1. The molecule has 1 aromatic heterocycles. The fraction of sp³-hybridized carbons (Fsp3) is 0.214. The second kappa shape index (κ2) is 9.92. The molecule has 0 spiro atoms. The van der Waals surface area contributed by atoms with Gasteiger partial charge in [-0.2, -0.15) is 5.26 Å². The van der Waals surface area contributed by atoms with Crippen molar-refractivity contribution < 1.29 is 9.53 Å². The third-order valence-corrected chi connectivity index (χ3v) is 6.24. The van der Waals surface area contributed by atoms with Gasteiger partial charge in [-0.1, -0.05) is 48.5 Å². The van der Waals surface area contributed by atoms with Crippen molar-refractivity contribution in [3.05, 3.63) is 89.5 Å². The van der Waals surface area contributed by atoms with Crippen LogP contribution in [-0.2, 0) is 4.74 Å². The van der Waals surface area contributed by atoms with Gasteiger partial charge in [0.1, 0.15) is 0 Å². The first-order valence-electron chi connectivity index (χ1n) is 11.6. The smallest absolute Gasteiger partial charge is 0.255 e. The fourth-order valence-electron chi connectivity index (χ4n) is 4.29. The van der Waals surface area contributed by atoms with E-state index in [1.807, 2.05) is 36.1 Å². The molecule has 0 saturated carbocycles. The molecule has 1 atom stereocenters. The van der Waals surface area contributed by atoms with E-state index in [9.17, 15) is 10.1 Å². The molecule has 1 amide bonds. The number of rotatable bonds is 5. The molecule has 174 valence electrons. The van der Waals surface area contributed by atoms with Gasteiger partial charge in [0, 0.05) is 18.7 Å². The van der Waals surface area contributed by atoms with Gasteiger partial charge in [-0.25, -0.2) is 0 Å². The van der Waals surface area contributed by atoms with Crippen molar-refractivity contribution in [1.82, 2.24) is 15.5 Å². The summed E-state index contributed by atoms with van der Waals surface area (Å²) in [7, 11) is 0. The van der Waals surface area contributed by atoms with Crippen LogP contribution in [0.25, 0.3) is 22.0 Å². The van der Waals surface area contributed by atoms with Crippen LogP contribution in [0.15, 0.2) is 72.8 Å². The molecule has 1 fully saturated rings. The van der Waals surface area contributed by atoms with Crippen LogP contribution in [0.1, 0.15) is 34.5 Å². The number of morpholine rings is 1. The Labute approximate surface area is 204 Å². The SMILES string of the molecule is CC(NC(=O)c1cc(-c2cccc(C#N)c2)nnc1N1CCOCC1)c1ccc2ccccc2c1. The van der Waals surface area contributed by atoms with Gasteiger partial charge >= 0.3 is 0 Å². The van der Waals surface area contributed by atoms with Crippen LogP contribution in [-0.4, -0.2) is 42.4 Å². The van der Waals surface area contributed by atoms with E-state index >= 15 is 0 Å². The molecular weight excluding hydrogens is 438 g/mol. The Kier molecular flexibility index (Phi) is 6.38. The van der Waals surface area contributed by atoms with Crippen molar-refractivity contribution in [2.75, 3.05) is 31.2 Å². The number of nitriles is 1. The molecule has 0 aliphatic carbocycles. The summed E-state index contributed by atoms with van der Waals surface area (Å²) in [5, 5.41) is 23.5. The number of aromatic nitrogens is 2. The van der Waals surface area contributed by atoms with E-state index < -0.39 is 0 Å². The van der Waals surface area contributed by atoms with Crippen LogP contribution in [0.3, 0.4) is 0 Å². The van der Waals surface area contributed by atoms with Crippen molar-refractivity contribution in [1.29, 1.82) is 5.26 Å². The first-order chi connectivity index (χ1) is 17.1. The van der Waals surface area contributed by atoms with E-state index in [-0.39, 0.29) is 11.9 Å². The summed E-state index contributed by atoms with van der Waals surface area (Å²) in [6.45, 7) is 4.39. The molecule has 1 aliphatic rings. The summed E-state index contributed by atoms with van der Waals surface area (Å²) in [5.41, 5.74) is 3.28. The van der Waals surface area contributed by atoms with Gasteiger partial charge < -0.3 is 15.0 Å². The first-order valence-corrected chi connectivity index (χ1v) is 11.6. The molecule has 7 heteroatoms. The first kappa shape index (κ1) is 22.5. The molecule has 7 nitrogen and oxygen atoms in total. The standard InChI is InChI=1S/C28H25N5O2/c1-19(22-10-9-21-6-2-3-7-23(21)16-22)30-28(34)25-17-26(24-8-4-5-20(15-24)18-29)31-32-27(25)33-11-13-35-14-12-33/h2-10,15-17,19H,11-14H2,1H3,(H,30,34). The molecule has 0 bridgehead atoms. The summed E-state index contributed by atoms with van der Waals surface area (Å²) in [5.74, 6) is 0.316. The van der Waals surface area contributed by atoms with Crippen molar-refractivity contribution in [3.8, 4) is 17.3 Å². The van der Waals surface area contributed by atoms with Crippen LogP contribution in [0.4, 0.5) is 5.82 Å². The molecule has 4 aromatic rings. The third-order valence-electron chi connectivity index (χ3n) is 6.24. The predicted octanol–water partition coefficient (Wildman–Crippen LogP) is 4.50. The van der Waals surface area contributed by atoms with Gasteiger partial charge in [-0.15, -0.1) is 10.2 Å². The summed E-state index contributed by atoms with van der Waals surface area (Å²) in [6.07, 6.45) is 0. The lowest BCUT2D eigenvalue weighted by molar-refractivity contribution is 0.0937. The summed E-state index contributed by atoms with van der Waals surface area (Å²) < 4.78 is 5.48. The van der Waals surface area contributed by atoms with E-state index in [0.29, 0.717) is 48.9 Å². The molecule has 35 heavy (non-hydrogen) atoms. The van der Waals surface area contributed by atoms with Gasteiger partial charge in [0.2, 0.25) is 0 Å². The Hall–Kier alpha value is -4.28. The number of amides is 1. The van der Waals surface area contributed by atoms with E-state index in [0.717, 1.165) is 21.9 Å². The second-order valence-electron chi connectivity index (χ2n) is 8.56. The summed E-state index contributed by atoms with van der Waals surface area (Å²) >= 11 is 0. The second-order valence-corrected chi connectivity index (χ2v) is 8.56. The maximum atomic E-state index is 13.6. The topological polar surface area (TPSA) is 91.1 Å². The Morgan fingerprint density at radius 2 is 1.80 bits per heavy atom. The average molecular weight is 464 g/mol. The monoisotopic (exact) mass is 463 g/mol. The van der Waals surface area contributed by atoms with Gasteiger partial charge in [-0.05, 0) is 47.5 Å². The minimum atomic E-state index is -0.222. The molecule has 2 heterocycles. The largest absolute Gasteiger partial charge is 0.378 e. The maximum Gasteiger partial charge on any atom is 0.255 e. The van der Waals surface area contributed by atoms with Gasteiger partial charge in [0.05, 0.1) is 42.1 Å². The zero-order valence-electron chi connectivity index (χ0n) is 19.4. The number of ether oxygens (including phenoxy) is 1. The molecule has 5 rings (SSSR count). The number of fused-ring (bicyclic) bond motifs is 1. The fourth-order valence-corrected chi connectivity index (χ4v) is 4.29. The molecule has 3 aromatic carbocycles. The Balaban J connectivity index is 1.48. The Morgan fingerprint density at radius 1 is 1.00 bits per heavy atom. The van der Waals surface area contributed by atoms with E-state index in [4.69, 9.17) is 4.74 Å². The molecule has 0 radical (unpaired) electrons. The highest BCUT2D eigenvalue weighted by Crippen LogP contribution is 2.26. The number of hydrogen-bond donors (Lipinski definition) is 1. The van der Waals surface area contributed by atoms with Gasteiger partial charge in [0.15, 0.2) is 5.82 Å². The van der Waals surface area contributed by atoms with Gasteiger partial charge in [-0.3, -0.25) is 4.79 Å². The average Bonchev–Trinajstić information content (AvgIpc) is 2.93. The quantitative estimate of drug-likeness (QED) is 0.469. The lowest BCUT2D eigenvalue weighted by Crippen LogP contribution is -2.39. The number of anilines is 1. The molecule has 1 aliphatic heterocycles. The maximum absolute atomic E-state index is 13.6. The van der Waals surface area contributed by atoms with Crippen LogP contribution in [0, 0.1) is 11.3 Å². The molecular formula is C28H25N5O2. The molecule has 1 saturated heterocycles. The highest BCUT2D eigenvalue weighted by atomic mass is 16.5. The van der Waals surface area contributed by atoms with Crippen LogP contribution < -0.4 is 10.2 Å². The lowest BCUT2D eigenvalue weighted by Gasteiger charge is -2.29. The van der Waals surface area contributed by atoms with Crippen molar-refractivity contribution in [2.24, 2.45) is 0 Å². The number of nitrogens with one attached hydrogen (secondary N) is 1. The van der Waals surface area contributed by atoms with Gasteiger partial charge in [0.25, 0.3) is 5.91 Å². The Morgan fingerprint density at radius 3 is 2.60 bits per heavy atom. The number of hydrogen-bond acceptors (Lipinski definition) is 6. The summed E-state index contributed by atoms with van der Waals surface area (Å²) in [6, 6.07) is 25.2. The lowest BCUT2D eigenvalue weighted by atomic mass is 10.0. The highest BCUT2D eigenvalue weighted by Gasteiger charge is 2.23. The van der Waals surface area contributed by atoms with Crippen LogP contribution >= 0.6 is 0 Å². The van der Waals surface area contributed by atoms with E-state index in [1.54, 1.807) is 24.3 Å². The molecule has 1 N–H and O–H groups in total. The van der Waals surface area contributed by atoms with E-state index in [2.05, 4.69) is 45.8 Å². The van der Waals surface area contributed by atoms with Crippen molar-refractivity contribution in [3.63, 3.8) is 0 Å². The normalized spacial score (nSPS) is 14.3. The zero-order valence-corrected chi connectivity index (χ0v) is 19.4. The summed E-state index contributed by atoms with van der Waals surface area (Å²) in [4.78, 5) is 15.6. The number of nitrogens with zero attached hydrogens (tertiary/aromatic N) is 4. The minimum Gasteiger partial charge on any atom is -0.378 e. The number of carbonyl (C=O) groups excluding carboxylic acids is 1. The van der Waals surface area contributed by atoms with Crippen molar-refractivity contribution in [2.45, 2.75) is 13.0 Å². The van der Waals surface area contributed by atoms with Crippen LogP contribution in [0.2, 0.25) is 0 Å². The van der Waals surface area contributed by atoms with Crippen LogP contribution in [0.5, 0.6) is 0 Å². The Bertz CT molecular complexity index is 1420.